The molecule has 1 fully saturated rings. The second kappa shape index (κ2) is 5.95. The normalized spacial score (nSPS) is 18.6. The third-order valence-corrected chi connectivity index (χ3v) is 6.46. The lowest BCUT2D eigenvalue weighted by atomic mass is 10.0. The predicted molar refractivity (Wildman–Crippen MR) is 100 cm³/mol. The van der Waals surface area contributed by atoms with Crippen LogP contribution in [0.25, 0.3) is 0 Å². The van der Waals surface area contributed by atoms with Gasteiger partial charge in [0.1, 0.15) is 11.6 Å². The van der Waals surface area contributed by atoms with Crippen LogP contribution in [0.5, 0.6) is 5.75 Å². The largest absolute Gasteiger partial charge is 0.476 e. The van der Waals surface area contributed by atoms with E-state index in [1.54, 1.807) is 32.0 Å². The van der Waals surface area contributed by atoms with Crippen LogP contribution in [0.2, 0.25) is 0 Å². The van der Waals surface area contributed by atoms with Crippen LogP contribution in [-0.2, 0) is 14.8 Å². The molecule has 27 heavy (non-hydrogen) atoms. The van der Waals surface area contributed by atoms with Gasteiger partial charge in [0.25, 0.3) is 5.91 Å². The molecule has 0 spiro atoms. The molecule has 1 saturated carbocycles. The number of hydrogen-bond acceptors (Lipinski definition) is 4. The van der Waals surface area contributed by atoms with Gasteiger partial charge in [-0.2, -0.15) is 0 Å². The van der Waals surface area contributed by atoms with E-state index in [9.17, 15) is 17.6 Å². The number of rotatable bonds is 4. The van der Waals surface area contributed by atoms with E-state index in [0.717, 1.165) is 0 Å². The first-order valence-corrected chi connectivity index (χ1v) is 10.2. The number of fused-ring (bicyclic) bond motifs is 1. The summed E-state index contributed by atoms with van der Waals surface area (Å²) < 4.78 is 46.0. The summed E-state index contributed by atoms with van der Waals surface area (Å²) in [6, 6.07) is 10.4. The minimum Gasteiger partial charge on any atom is -0.476 e. The molecular formula is C19H19FN2O4S. The smallest absolute Gasteiger partial charge is 0.275 e. The third kappa shape index (κ3) is 3.25. The molecule has 1 amide bonds. The van der Waals surface area contributed by atoms with Gasteiger partial charge in [-0.15, -0.1) is 0 Å². The first-order valence-electron chi connectivity index (χ1n) is 8.62. The molecule has 1 aliphatic heterocycles. The SMILES string of the molecule is CC1(C)Oc2cc(NS(=O)(=O)C3CC3)ccc2N(c2ccc(F)cc2)C1=O. The molecule has 2 aromatic rings. The standard InChI is InChI=1S/C19H19FN2O4S/c1-19(2)18(23)22(14-6-3-12(20)4-7-14)16-10-5-13(11-17(16)26-19)21-27(24,25)15-8-9-15/h3-7,10-11,15,21H,8-9H2,1-2H3. The maximum Gasteiger partial charge on any atom is 0.275 e. The molecule has 1 aliphatic carbocycles. The number of ether oxygens (including phenoxy) is 1. The van der Waals surface area contributed by atoms with Crippen LogP contribution in [0.3, 0.4) is 0 Å². The summed E-state index contributed by atoms with van der Waals surface area (Å²) in [7, 11) is -3.40. The average Bonchev–Trinajstić information content (AvgIpc) is 3.42. The Morgan fingerprint density at radius 3 is 2.44 bits per heavy atom. The molecule has 1 heterocycles. The van der Waals surface area contributed by atoms with Gasteiger partial charge in [0, 0.05) is 11.8 Å². The number of carbonyl (C=O) groups is 1. The Balaban J connectivity index is 1.75. The van der Waals surface area contributed by atoms with Crippen LogP contribution in [0.15, 0.2) is 42.5 Å². The van der Waals surface area contributed by atoms with Crippen molar-refractivity contribution >= 4 is 33.0 Å². The Labute approximate surface area is 157 Å². The second-order valence-corrected chi connectivity index (χ2v) is 9.22. The van der Waals surface area contributed by atoms with Crippen molar-refractivity contribution in [2.45, 2.75) is 37.5 Å². The Morgan fingerprint density at radius 2 is 1.81 bits per heavy atom. The van der Waals surface area contributed by atoms with E-state index in [0.29, 0.717) is 35.7 Å². The number of carbonyl (C=O) groups excluding carboxylic acids is 1. The molecule has 4 rings (SSSR count). The second-order valence-electron chi connectivity index (χ2n) is 7.26. The van der Waals surface area contributed by atoms with Gasteiger partial charge < -0.3 is 4.74 Å². The fourth-order valence-electron chi connectivity index (χ4n) is 3.01. The molecule has 0 radical (unpaired) electrons. The fraction of sp³-hybridized carbons (Fsp3) is 0.316. The average molecular weight is 390 g/mol. The Kier molecular flexibility index (Phi) is 3.92. The van der Waals surface area contributed by atoms with E-state index in [2.05, 4.69) is 4.72 Å². The molecular weight excluding hydrogens is 371 g/mol. The summed E-state index contributed by atoms with van der Waals surface area (Å²) in [5.41, 5.74) is 0.200. The summed E-state index contributed by atoms with van der Waals surface area (Å²) in [4.78, 5) is 14.4. The Bertz CT molecular complexity index is 1010. The van der Waals surface area contributed by atoms with Crippen LogP contribution < -0.4 is 14.4 Å². The van der Waals surface area contributed by atoms with Crippen molar-refractivity contribution in [2.24, 2.45) is 0 Å². The van der Waals surface area contributed by atoms with E-state index in [1.165, 1.54) is 29.2 Å². The van der Waals surface area contributed by atoms with Crippen molar-refractivity contribution in [3.8, 4) is 5.75 Å². The molecule has 1 N–H and O–H groups in total. The summed E-state index contributed by atoms with van der Waals surface area (Å²) in [5, 5.41) is -0.344. The zero-order valence-electron chi connectivity index (χ0n) is 14.9. The molecule has 0 aromatic heterocycles. The van der Waals surface area contributed by atoms with Gasteiger partial charge in [-0.05, 0) is 63.1 Å². The number of halogens is 1. The Hall–Kier alpha value is -2.61. The van der Waals surface area contributed by atoms with Crippen molar-refractivity contribution in [3.63, 3.8) is 0 Å². The highest BCUT2D eigenvalue weighted by Crippen LogP contribution is 2.43. The van der Waals surface area contributed by atoms with Gasteiger partial charge in [0.2, 0.25) is 10.0 Å². The van der Waals surface area contributed by atoms with E-state index in [4.69, 9.17) is 4.74 Å². The highest BCUT2D eigenvalue weighted by Gasteiger charge is 2.42. The topological polar surface area (TPSA) is 75.7 Å². The first-order chi connectivity index (χ1) is 12.7. The number of sulfonamides is 1. The van der Waals surface area contributed by atoms with Crippen molar-refractivity contribution in [2.75, 3.05) is 9.62 Å². The lowest BCUT2D eigenvalue weighted by molar-refractivity contribution is -0.131. The van der Waals surface area contributed by atoms with Gasteiger partial charge >= 0.3 is 0 Å². The molecule has 142 valence electrons. The Morgan fingerprint density at radius 1 is 1.15 bits per heavy atom. The molecule has 8 heteroatoms. The number of amides is 1. The highest BCUT2D eigenvalue weighted by molar-refractivity contribution is 7.93. The first kappa shape index (κ1) is 17.8. The highest BCUT2D eigenvalue weighted by atomic mass is 32.2. The molecule has 2 aromatic carbocycles. The van der Waals surface area contributed by atoms with Gasteiger partial charge in [0.05, 0.1) is 16.6 Å². The van der Waals surface area contributed by atoms with Gasteiger partial charge in [-0.3, -0.25) is 14.4 Å². The minimum atomic E-state index is -3.40. The van der Waals surface area contributed by atoms with Crippen molar-refractivity contribution in [3.05, 3.63) is 48.3 Å². The molecule has 0 unspecified atom stereocenters. The monoisotopic (exact) mass is 390 g/mol. The van der Waals surface area contributed by atoms with E-state index in [1.807, 2.05) is 0 Å². The van der Waals surface area contributed by atoms with E-state index < -0.39 is 21.4 Å². The summed E-state index contributed by atoms with van der Waals surface area (Å²) in [5.74, 6) is -0.323. The molecule has 0 saturated heterocycles. The minimum absolute atomic E-state index is 0.298. The van der Waals surface area contributed by atoms with Gasteiger partial charge in [0.15, 0.2) is 5.60 Å². The quantitative estimate of drug-likeness (QED) is 0.866. The van der Waals surface area contributed by atoms with Crippen LogP contribution in [-0.4, -0.2) is 25.2 Å². The van der Waals surface area contributed by atoms with Crippen LogP contribution >= 0.6 is 0 Å². The van der Waals surface area contributed by atoms with Gasteiger partial charge in [-0.25, -0.2) is 12.8 Å². The van der Waals surface area contributed by atoms with Crippen LogP contribution in [0.4, 0.5) is 21.5 Å². The van der Waals surface area contributed by atoms with Crippen molar-refractivity contribution in [1.82, 2.24) is 0 Å². The lowest BCUT2D eigenvalue weighted by Crippen LogP contribution is -2.50. The summed E-state index contributed by atoms with van der Waals surface area (Å²) in [6.45, 7) is 3.27. The molecule has 6 nitrogen and oxygen atoms in total. The zero-order chi connectivity index (χ0) is 19.4. The number of hydrogen-bond donors (Lipinski definition) is 1. The number of nitrogens with zero attached hydrogens (tertiary/aromatic N) is 1. The maximum atomic E-state index is 13.3. The molecule has 0 atom stereocenters. The molecule has 0 bridgehead atoms. The van der Waals surface area contributed by atoms with E-state index >= 15 is 0 Å². The number of nitrogens with one attached hydrogen (secondary N) is 1. The van der Waals surface area contributed by atoms with Crippen LogP contribution in [0.1, 0.15) is 26.7 Å². The summed E-state index contributed by atoms with van der Waals surface area (Å²) in [6.07, 6.45) is 1.33. The fourth-order valence-corrected chi connectivity index (χ4v) is 4.39. The predicted octanol–water partition coefficient (Wildman–Crippen LogP) is 3.57. The zero-order valence-corrected chi connectivity index (χ0v) is 15.7. The van der Waals surface area contributed by atoms with Crippen LogP contribution in [0, 0.1) is 5.82 Å². The van der Waals surface area contributed by atoms with Crippen molar-refractivity contribution < 1.29 is 22.3 Å². The van der Waals surface area contributed by atoms with E-state index in [-0.39, 0.29) is 11.2 Å². The van der Waals surface area contributed by atoms with Gasteiger partial charge in [-0.1, -0.05) is 0 Å². The lowest BCUT2D eigenvalue weighted by Gasteiger charge is -2.39. The number of benzene rings is 2. The third-order valence-electron chi connectivity index (χ3n) is 4.59. The number of anilines is 3. The van der Waals surface area contributed by atoms with Crippen molar-refractivity contribution in [1.29, 1.82) is 0 Å². The summed E-state index contributed by atoms with van der Waals surface area (Å²) >= 11 is 0. The maximum absolute atomic E-state index is 13.3. The molecule has 2 aliphatic rings.